The zero-order valence-electron chi connectivity index (χ0n) is 15.6. The molecule has 29 heavy (non-hydrogen) atoms. The van der Waals surface area contributed by atoms with E-state index in [4.69, 9.17) is 4.55 Å². The summed E-state index contributed by atoms with van der Waals surface area (Å²) in [6, 6.07) is 8.16. The number of carbonyl (C=O) groups is 1. The molecule has 156 valence electrons. The Balaban J connectivity index is 1.63. The molecule has 3 rings (SSSR count). The molecule has 0 aromatic heterocycles. The lowest BCUT2D eigenvalue weighted by Gasteiger charge is -2.40. The summed E-state index contributed by atoms with van der Waals surface area (Å²) in [4.78, 5) is 16.3. The molecule has 0 radical (unpaired) electrons. The van der Waals surface area contributed by atoms with E-state index < -0.39 is 28.7 Å². The van der Waals surface area contributed by atoms with Crippen LogP contribution in [0.3, 0.4) is 0 Å². The van der Waals surface area contributed by atoms with Gasteiger partial charge in [0.1, 0.15) is 0 Å². The van der Waals surface area contributed by atoms with Gasteiger partial charge in [0.2, 0.25) is 0 Å². The monoisotopic (exact) mass is 427 g/mol. The Labute approximate surface area is 168 Å². The number of anilines is 1. The number of piperazine rings is 1. The van der Waals surface area contributed by atoms with Crippen LogP contribution in [-0.2, 0) is 17.8 Å². The highest BCUT2D eigenvalue weighted by molar-refractivity contribution is 7.80. The molecule has 1 saturated heterocycles. The van der Waals surface area contributed by atoms with Gasteiger partial charge in [-0.15, -0.1) is 0 Å². The van der Waals surface area contributed by atoms with Gasteiger partial charge in [0.15, 0.2) is 17.5 Å². The molecule has 1 aliphatic heterocycles. The fraction of sp³-hybridized carbons (Fsp3) is 0.316. The van der Waals surface area contributed by atoms with E-state index in [1.807, 2.05) is 11.8 Å². The van der Waals surface area contributed by atoms with Crippen LogP contribution >= 0.6 is 0 Å². The maximum Gasteiger partial charge on any atom is 0.259 e. The Morgan fingerprint density at radius 3 is 2.45 bits per heavy atom. The molecule has 0 aliphatic carbocycles. The molecule has 1 unspecified atom stereocenters. The van der Waals surface area contributed by atoms with E-state index in [1.165, 1.54) is 18.2 Å². The molecule has 2 atom stereocenters. The van der Waals surface area contributed by atoms with Crippen LogP contribution in [0.25, 0.3) is 0 Å². The van der Waals surface area contributed by atoms with Gasteiger partial charge in [0, 0.05) is 49.0 Å². The molecule has 6 nitrogen and oxygen atoms in total. The summed E-state index contributed by atoms with van der Waals surface area (Å²) in [7, 11) is 0. The van der Waals surface area contributed by atoms with Gasteiger partial charge in [0.05, 0.1) is 0 Å². The van der Waals surface area contributed by atoms with Gasteiger partial charge in [0.25, 0.3) is 17.2 Å². The second-order valence-corrected chi connectivity index (χ2v) is 7.55. The summed E-state index contributed by atoms with van der Waals surface area (Å²) in [5.74, 6) is -4.07. The normalized spacial score (nSPS) is 18.5. The van der Waals surface area contributed by atoms with Crippen molar-refractivity contribution in [1.29, 1.82) is 0 Å². The van der Waals surface area contributed by atoms with Crippen LogP contribution in [0, 0.1) is 17.5 Å². The zero-order valence-corrected chi connectivity index (χ0v) is 16.4. The van der Waals surface area contributed by atoms with E-state index >= 15 is 0 Å². The summed E-state index contributed by atoms with van der Waals surface area (Å²) < 4.78 is 62.3. The Kier molecular flexibility index (Phi) is 6.56. The summed E-state index contributed by atoms with van der Waals surface area (Å²) >= 11 is -2.19. The lowest BCUT2D eigenvalue weighted by atomic mass is 10.1. The number of halogens is 3. The minimum Gasteiger partial charge on any atom is -0.333 e. The van der Waals surface area contributed by atoms with Gasteiger partial charge < -0.3 is 4.90 Å². The molecule has 0 spiro atoms. The van der Waals surface area contributed by atoms with Crippen molar-refractivity contribution in [2.24, 2.45) is 0 Å². The summed E-state index contributed by atoms with van der Waals surface area (Å²) in [6.45, 7) is 3.28. The SMILES string of the molecule is C[C@@H]1CN(Cc2ccc(F)c(F)c2F)CCN1C(=O)c1ccc(NS(=O)O)cc1. The van der Waals surface area contributed by atoms with Crippen LogP contribution in [0.2, 0.25) is 0 Å². The van der Waals surface area contributed by atoms with Crippen molar-refractivity contribution in [2.75, 3.05) is 24.4 Å². The summed E-state index contributed by atoms with van der Waals surface area (Å²) in [5, 5.41) is 0. The average Bonchev–Trinajstić information content (AvgIpc) is 2.68. The minimum absolute atomic E-state index is 0.0697. The standard InChI is InChI=1S/C19H20F3N3O3S/c1-12-10-24(11-14-4-7-16(20)18(22)17(14)21)8-9-25(12)19(26)13-2-5-15(6-3-13)23-29(27)28/h2-7,12,23H,8-11H2,1H3,(H,27,28)/t12-/m1/s1. The highest BCUT2D eigenvalue weighted by atomic mass is 32.2. The molecular formula is C19H20F3N3O3S. The number of hydrogen-bond acceptors (Lipinski definition) is 3. The average molecular weight is 427 g/mol. The van der Waals surface area contributed by atoms with Crippen molar-refractivity contribution in [3.05, 3.63) is 65.0 Å². The van der Waals surface area contributed by atoms with Crippen molar-refractivity contribution in [3.8, 4) is 0 Å². The van der Waals surface area contributed by atoms with Crippen molar-refractivity contribution >= 4 is 22.9 Å². The fourth-order valence-corrected chi connectivity index (χ4v) is 3.69. The molecule has 1 amide bonds. The topological polar surface area (TPSA) is 72.9 Å². The quantitative estimate of drug-likeness (QED) is 0.569. The lowest BCUT2D eigenvalue weighted by molar-refractivity contribution is 0.0473. The first-order valence-corrected chi connectivity index (χ1v) is 10.00. The lowest BCUT2D eigenvalue weighted by Crippen LogP contribution is -2.53. The van der Waals surface area contributed by atoms with Gasteiger partial charge >= 0.3 is 0 Å². The number of benzene rings is 2. The van der Waals surface area contributed by atoms with Crippen LogP contribution in [0.5, 0.6) is 0 Å². The second-order valence-electron chi connectivity index (χ2n) is 6.85. The molecule has 2 aromatic carbocycles. The maximum atomic E-state index is 13.9. The van der Waals surface area contributed by atoms with Gasteiger partial charge in [-0.25, -0.2) is 17.4 Å². The summed E-state index contributed by atoms with van der Waals surface area (Å²) in [6.07, 6.45) is 0. The van der Waals surface area contributed by atoms with E-state index in [-0.39, 0.29) is 24.1 Å². The highest BCUT2D eigenvalue weighted by Gasteiger charge is 2.29. The van der Waals surface area contributed by atoms with Crippen LogP contribution in [0.15, 0.2) is 36.4 Å². The predicted octanol–water partition coefficient (Wildman–Crippen LogP) is 3.00. The Morgan fingerprint density at radius 1 is 1.14 bits per heavy atom. The van der Waals surface area contributed by atoms with Crippen LogP contribution < -0.4 is 4.72 Å². The second kappa shape index (κ2) is 8.93. The van der Waals surface area contributed by atoms with Crippen molar-refractivity contribution in [3.63, 3.8) is 0 Å². The number of amides is 1. The highest BCUT2D eigenvalue weighted by Crippen LogP contribution is 2.20. The first-order chi connectivity index (χ1) is 13.8. The van der Waals surface area contributed by atoms with Crippen LogP contribution in [0.1, 0.15) is 22.8 Å². The largest absolute Gasteiger partial charge is 0.333 e. The predicted molar refractivity (Wildman–Crippen MR) is 103 cm³/mol. The molecule has 0 bridgehead atoms. The van der Waals surface area contributed by atoms with E-state index in [1.54, 1.807) is 17.0 Å². The van der Waals surface area contributed by atoms with Crippen LogP contribution in [-0.4, -0.2) is 50.1 Å². The fourth-order valence-electron chi connectivity index (χ4n) is 3.35. The van der Waals surface area contributed by atoms with Gasteiger partial charge in [-0.05, 0) is 37.3 Å². The Bertz CT molecular complexity index is 927. The number of hydrogen-bond donors (Lipinski definition) is 2. The van der Waals surface area contributed by atoms with E-state index in [9.17, 15) is 22.2 Å². The molecule has 2 N–H and O–H groups in total. The van der Waals surface area contributed by atoms with Gasteiger partial charge in [-0.2, -0.15) is 0 Å². The Morgan fingerprint density at radius 2 is 1.83 bits per heavy atom. The molecule has 1 fully saturated rings. The number of nitrogens with one attached hydrogen (secondary N) is 1. The van der Waals surface area contributed by atoms with Crippen molar-refractivity contribution < 1.29 is 26.7 Å². The van der Waals surface area contributed by atoms with Crippen molar-refractivity contribution in [1.82, 2.24) is 9.80 Å². The van der Waals surface area contributed by atoms with Gasteiger partial charge in [-0.3, -0.25) is 19.0 Å². The van der Waals surface area contributed by atoms with E-state index in [0.29, 0.717) is 30.9 Å². The number of carbonyl (C=O) groups excluding carboxylic acids is 1. The molecule has 2 aromatic rings. The minimum atomic E-state index is -2.19. The molecule has 1 aliphatic rings. The zero-order chi connectivity index (χ0) is 21.1. The smallest absolute Gasteiger partial charge is 0.259 e. The molecule has 10 heteroatoms. The first kappa shape index (κ1) is 21.3. The molecule has 0 saturated carbocycles. The number of nitrogens with zero attached hydrogens (tertiary/aromatic N) is 2. The third kappa shape index (κ3) is 4.95. The Hall–Kier alpha value is -2.43. The number of rotatable bonds is 5. The first-order valence-electron chi connectivity index (χ1n) is 8.89. The maximum absolute atomic E-state index is 13.9. The van der Waals surface area contributed by atoms with E-state index in [0.717, 1.165) is 6.07 Å². The van der Waals surface area contributed by atoms with E-state index in [2.05, 4.69) is 4.72 Å². The molecular weight excluding hydrogens is 407 g/mol. The third-order valence-electron chi connectivity index (χ3n) is 4.82. The third-order valence-corrected chi connectivity index (χ3v) is 5.23. The molecule has 1 heterocycles. The van der Waals surface area contributed by atoms with Gasteiger partial charge in [-0.1, -0.05) is 6.07 Å². The summed E-state index contributed by atoms with van der Waals surface area (Å²) in [5.41, 5.74) is 0.917. The van der Waals surface area contributed by atoms with Crippen LogP contribution in [0.4, 0.5) is 18.9 Å². The van der Waals surface area contributed by atoms with Crippen molar-refractivity contribution in [2.45, 2.75) is 19.5 Å².